The molecule has 0 unspecified atom stereocenters. The summed E-state index contributed by atoms with van der Waals surface area (Å²) in [6.07, 6.45) is 0. The van der Waals surface area contributed by atoms with Crippen LogP contribution in [0.25, 0.3) is 0 Å². The molecule has 0 aliphatic carbocycles. The van der Waals surface area contributed by atoms with Crippen molar-refractivity contribution < 1.29 is 0 Å². The minimum atomic E-state index is -1.44. The van der Waals surface area contributed by atoms with Gasteiger partial charge < -0.3 is 0 Å². The predicted octanol–water partition coefficient (Wildman–Crippen LogP) is 10.0. The van der Waals surface area contributed by atoms with Crippen molar-refractivity contribution >= 4 is 97.2 Å². The molecule has 0 amide bonds. The van der Waals surface area contributed by atoms with Gasteiger partial charge in [0.25, 0.3) is 0 Å². The fourth-order valence-electron chi connectivity index (χ4n) is 1.21. The van der Waals surface area contributed by atoms with Crippen molar-refractivity contribution in [1.82, 2.24) is 0 Å². The van der Waals surface area contributed by atoms with Gasteiger partial charge in [0.1, 0.15) is 0 Å². The monoisotopic (exact) mass is 734 g/mol. The minimum absolute atomic E-state index is 0.0502. The molecule has 0 heterocycles. The molecule has 0 N–H and O–H groups in total. The molecule has 0 nitrogen and oxygen atoms in total. The number of hydrogen-bond donors (Lipinski definition) is 0. The van der Waals surface area contributed by atoms with E-state index < -0.39 is 29.5 Å². The predicted molar refractivity (Wildman–Crippen MR) is 184 cm³/mol. The number of halogens is 2. The fourth-order valence-corrected chi connectivity index (χ4v) is 62.2. The Morgan fingerprint density at radius 3 is 0.647 bits per heavy atom. The van der Waals surface area contributed by atoms with E-state index in [9.17, 15) is 0 Å². The molecule has 10 heteroatoms. The van der Waals surface area contributed by atoms with E-state index in [0.717, 1.165) is 0 Å². The molecule has 202 valence electrons. The van der Waals surface area contributed by atoms with E-state index in [0.29, 0.717) is 20.2 Å². The van der Waals surface area contributed by atoms with Crippen LogP contribution in [-0.2, 0) is 0 Å². The van der Waals surface area contributed by atoms with Gasteiger partial charge in [-0.05, 0) is 20.2 Å². The summed E-state index contributed by atoms with van der Waals surface area (Å²) in [7, 11) is -4.79. The fraction of sp³-hybridized carbons (Fsp3) is 1.00. The zero-order valence-corrected chi connectivity index (χ0v) is 38.5. The van der Waals surface area contributed by atoms with Crippen molar-refractivity contribution in [2.75, 3.05) is 0 Å². The summed E-state index contributed by atoms with van der Waals surface area (Å²) >= 11 is 18.0. The van der Waals surface area contributed by atoms with Crippen LogP contribution < -0.4 is 0 Å². The van der Waals surface area contributed by atoms with Gasteiger partial charge >= 0.3 is 28.0 Å². The van der Waals surface area contributed by atoms with Crippen LogP contribution in [-0.4, -0.2) is 75.1 Å². The third kappa shape index (κ3) is 16.8. The van der Waals surface area contributed by atoms with Crippen molar-refractivity contribution in [2.45, 2.75) is 156 Å². The van der Waals surface area contributed by atoms with E-state index in [1.165, 1.54) is 0 Å². The Morgan fingerprint density at radius 2 is 0.588 bits per heavy atom. The van der Waals surface area contributed by atoms with E-state index in [-0.39, 0.29) is 17.6 Å². The second kappa shape index (κ2) is 16.9. The molecule has 0 aromatic carbocycles. The van der Waals surface area contributed by atoms with Gasteiger partial charge in [-0.3, -0.25) is 0 Å². The van der Waals surface area contributed by atoms with Crippen LogP contribution in [0.1, 0.15) is 83.1 Å². The first-order valence-corrected chi connectivity index (χ1v) is 37.9. The average molecular weight is 733 g/mol. The summed E-state index contributed by atoms with van der Waals surface area (Å²) in [4.78, 5) is 0. The molecule has 0 bridgehead atoms. The van der Waals surface area contributed by atoms with Gasteiger partial charge in [0.2, 0.25) is 0 Å². The molecule has 8 radical (unpaired) electrons. The van der Waals surface area contributed by atoms with Crippen molar-refractivity contribution in [3.8, 4) is 0 Å². The van der Waals surface area contributed by atoms with Gasteiger partial charge in [0.05, 0.1) is 15.2 Å². The van der Waals surface area contributed by atoms with E-state index in [2.05, 4.69) is 135 Å². The Labute approximate surface area is 250 Å². The molecule has 0 aliphatic heterocycles. The van der Waals surface area contributed by atoms with E-state index in [4.69, 9.17) is 22.2 Å². The van der Waals surface area contributed by atoms with Crippen LogP contribution in [0.3, 0.4) is 0 Å². The van der Waals surface area contributed by atoms with Crippen LogP contribution in [0.4, 0.5) is 0 Å². The van der Waals surface area contributed by atoms with E-state index >= 15 is 0 Å². The first-order chi connectivity index (χ1) is 14.5. The molecule has 0 atom stereocenters. The van der Waals surface area contributed by atoms with Crippen molar-refractivity contribution in [3.63, 3.8) is 0 Å². The normalized spacial score (nSPS) is 13.7. The topological polar surface area (TPSA) is 0 Å². The Morgan fingerprint density at radius 1 is 0.471 bits per heavy atom. The SMILES string of the molecule is CC(C)(C)[Si](C)(C)[Si](Cl)[Si](Cl)[Si](C)(C)C(C)(C)C.C[Si](C)C(C)(C)C.C[Si](C)C(C)(C)C.[Ge]=[Ge]. The van der Waals surface area contributed by atoms with Gasteiger partial charge in [-0.2, -0.15) is 22.2 Å². The Hall–Kier alpha value is 2.97. The third-order valence-corrected chi connectivity index (χ3v) is 70.0. The van der Waals surface area contributed by atoms with Gasteiger partial charge in [0.15, 0.2) is 14.3 Å². The van der Waals surface area contributed by atoms with Gasteiger partial charge in [-0.25, -0.2) is 0 Å². The molecule has 0 aliphatic rings. The van der Waals surface area contributed by atoms with Crippen molar-refractivity contribution in [2.24, 2.45) is 0 Å². The summed E-state index contributed by atoms with van der Waals surface area (Å²) in [5.74, 6) is 0. The second-order valence-corrected chi connectivity index (χ2v) is 55.2. The molecule has 34 heavy (non-hydrogen) atoms. The maximum atomic E-state index is 7.01. The second-order valence-electron chi connectivity index (χ2n) is 14.9. The van der Waals surface area contributed by atoms with Crippen LogP contribution in [0.2, 0.25) is 72.5 Å². The van der Waals surface area contributed by atoms with Crippen molar-refractivity contribution in [1.29, 1.82) is 0 Å². The summed E-state index contributed by atoms with van der Waals surface area (Å²) < 4.78 is 0. The van der Waals surface area contributed by atoms with Gasteiger partial charge in [-0.15, -0.1) is 0 Å². The Balaban J connectivity index is -0.000000231. The maximum absolute atomic E-state index is 7.01. The molecule has 0 saturated carbocycles. The standard InChI is InChI=1S/C12H30Cl2Si4.2C6H15Si.Ge2/c1-11(2,3)17(7,8)15(13)16(14)18(9,10)12(4,5)6;2*1-6(2,3)7(4)5;1-2/h1-10H3;2*1-5H3;. The molecule has 0 aromatic heterocycles. The molecule has 0 aromatic rings. The summed E-state index contributed by atoms with van der Waals surface area (Å²) in [6, 6.07) is 0. The summed E-state index contributed by atoms with van der Waals surface area (Å²) in [6.45, 7) is 47.2. The first-order valence-electron chi connectivity index (χ1n) is 12.4. The van der Waals surface area contributed by atoms with Crippen LogP contribution in [0.5, 0.6) is 0 Å². The zero-order chi connectivity index (χ0) is 29.3. The Kier molecular flexibility index (Phi) is 21.9. The molecule has 0 saturated heterocycles. The first kappa shape index (κ1) is 44.0. The van der Waals surface area contributed by atoms with Crippen LogP contribution >= 0.6 is 22.2 Å². The Bertz CT molecular complexity index is 496. The molecule has 0 rings (SSSR count). The molecular weight excluding hydrogens is 673 g/mol. The van der Waals surface area contributed by atoms with Crippen LogP contribution in [0, 0.1) is 0 Å². The van der Waals surface area contributed by atoms with Crippen molar-refractivity contribution in [3.05, 3.63) is 0 Å². The quantitative estimate of drug-likeness (QED) is 0.200. The molecule has 0 fully saturated rings. The van der Waals surface area contributed by atoms with Gasteiger partial charge in [0, 0.05) is 17.6 Å². The molecular formula is C24H60Cl2Ge2Si6. The van der Waals surface area contributed by atoms with Crippen LogP contribution in [0.15, 0.2) is 0 Å². The summed E-state index contributed by atoms with van der Waals surface area (Å²) in [5.41, 5.74) is 0. The zero-order valence-electron chi connectivity index (χ0n) is 26.8. The number of rotatable bonds is 3. The van der Waals surface area contributed by atoms with E-state index in [1.54, 1.807) is 0 Å². The third-order valence-electron chi connectivity index (χ3n) is 8.04. The average Bonchev–Trinajstić information content (AvgIpc) is 2.59. The number of hydrogen-bond acceptors (Lipinski definition) is 0. The van der Waals surface area contributed by atoms with E-state index in [1.807, 2.05) is 28.0 Å². The molecule has 0 spiro atoms. The van der Waals surface area contributed by atoms with Gasteiger partial charge in [-0.1, -0.05) is 135 Å². The summed E-state index contributed by atoms with van der Waals surface area (Å²) in [5, 5.41) is 1.92.